The van der Waals surface area contributed by atoms with Crippen LogP contribution in [0.2, 0.25) is 0 Å². The van der Waals surface area contributed by atoms with E-state index in [-0.39, 0.29) is 6.10 Å². The fraction of sp³-hybridized carbons (Fsp3) is 1.00. The second-order valence-electron chi connectivity index (χ2n) is 4.83. The molecule has 0 fully saturated rings. The number of hydrogen-bond acceptors (Lipinski definition) is 2. The van der Waals surface area contributed by atoms with Crippen molar-refractivity contribution >= 4 is 0 Å². The topological polar surface area (TPSA) is 18.5 Å². The smallest absolute Gasteiger partial charge is 0.0780 e. The summed E-state index contributed by atoms with van der Waals surface area (Å²) in [6, 6.07) is 0. The van der Waals surface area contributed by atoms with Crippen LogP contribution in [-0.4, -0.2) is 25.4 Å². The maximum absolute atomic E-state index is 5.67. The van der Waals surface area contributed by atoms with Gasteiger partial charge in [-0.25, -0.2) is 0 Å². The molecule has 0 aliphatic carbocycles. The van der Waals surface area contributed by atoms with Gasteiger partial charge in [0.2, 0.25) is 0 Å². The third kappa shape index (κ3) is 12.0. The van der Waals surface area contributed by atoms with Crippen molar-refractivity contribution in [1.82, 2.24) is 0 Å². The van der Waals surface area contributed by atoms with E-state index in [1.807, 2.05) is 0 Å². The molecule has 0 saturated carbocycles. The van der Waals surface area contributed by atoms with Crippen LogP contribution < -0.4 is 0 Å². The molecule has 0 bridgehead atoms. The highest BCUT2D eigenvalue weighted by molar-refractivity contribution is 4.50. The van der Waals surface area contributed by atoms with Crippen LogP contribution in [0.25, 0.3) is 0 Å². The van der Waals surface area contributed by atoms with E-state index in [0.717, 1.165) is 6.61 Å². The van der Waals surface area contributed by atoms with Gasteiger partial charge in [0.15, 0.2) is 0 Å². The molecule has 0 aromatic heterocycles. The van der Waals surface area contributed by atoms with E-state index in [1.165, 1.54) is 38.5 Å². The minimum absolute atomic E-state index is 0.234. The normalized spacial score (nSPS) is 13.3. The lowest BCUT2D eigenvalue weighted by Gasteiger charge is -2.15. The van der Waals surface area contributed by atoms with Crippen LogP contribution in [0.1, 0.15) is 66.2 Å². The van der Waals surface area contributed by atoms with Gasteiger partial charge in [-0.2, -0.15) is 0 Å². The monoisotopic (exact) mass is 230 g/mol. The van der Waals surface area contributed by atoms with Crippen molar-refractivity contribution in [2.24, 2.45) is 0 Å². The molecule has 0 aromatic carbocycles. The highest BCUT2D eigenvalue weighted by Crippen LogP contribution is 2.05. The van der Waals surface area contributed by atoms with Crippen LogP contribution in [0.15, 0.2) is 0 Å². The lowest BCUT2D eigenvalue weighted by atomic mass is 10.1. The molecule has 0 heterocycles. The van der Waals surface area contributed by atoms with Crippen LogP contribution in [0.3, 0.4) is 0 Å². The number of unbranched alkanes of at least 4 members (excludes halogenated alkanes) is 5. The Morgan fingerprint density at radius 1 is 0.812 bits per heavy atom. The van der Waals surface area contributed by atoms with Gasteiger partial charge in [-0.15, -0.1) is 0 Å². The van der Waals surface area contributed by atoms with Crippen molar-refractivity contribution in [1.29, 1.82) is 0 Å². The van der Waals surface area contributed by atoms with E-state index in [1.54, 1.807) is 0 Å². The summed E-state index contributed by atoms with van der Waals surface area (Å²) in [5.74, 6) is 0. The molecule has 0 amide bonds. The van der Waals surface area contributed by atoms with E-state index >= 15 is 0 Å². The molecule has 2 nitrogen and oxygen atoms in total. The van der Waals surface area contributed by atoms with Crippen LogP contribution >= 0.6 is 0 Å². The highest BCUT2D eigenvalue weighted by Gasteiger charge is 2.03. The largest absolute Gasteiger partial charge is 0.376 e. The molecule has 0 radical (unpaired) electrons. The third-order valence-electron chi connectivity index (χ3n) is 2.56. The average Bonchev–Trinajstić information content (AvgIpc) is 2.25. The Kier molecular flexibility index (Phi) is 11.3. The minimum Gasteiger partial charge on any atom is -0.376 e. The molecule has 0 spiro atoms. The Morgan fingerprint density at radius 3 is 2.06 bits per heavy atom. The zero-order valence-electron chi connectivity index (χ0n) is 11.6. The molecule has 0 rings (SSSR count). The maximum atomic E-state index is 5.67. The molecule has 0 saturated heterocycles. The molecule has 2 heteroatoms. The third-order valence-corrected chi connectivity index (χ3v) is 2.56. The zero-order chi connectivity index (χ0) is 12.2. The molecule has 0 N–H and O–H groups in total. The Morgan fingerprint density at radius 2 is 1.44 bits per heavy atom. The zero-order valence-corrected chi connectivity index (χ0v) is 11.6. The molecule has 1 atom stereocenters. The molecule has 16 heavy (non-hydrogen) atoms. The first-order chi connectivity index (χ1) is 7.66. The number of rotatable bonds is 11. The van der Waals surface area contributed by atoms with Crippen molar-refractivity contribution in [3.05, 3.63) is 0 Å². The van der Waals surface area contributed by atoms with Gasteiger partial charge in [-0.1, -0.05) is 39.0 Å². The first kappa shape index (κ1) is 15.9. The number of hydrogen-bond donors (Lipinski definition) is 0. The Hall–Kier alpha value is -0.0800. The Balaban J connectivity index is 3.12. The van der Waals surface area contributed by atoms with Gasteiger partial charge in [-0.3, -0.25) is 0 Å². The molecule has 1 unspecified atom stereocenters. The molecular weight excluding hydrogens is 200 g/mol. The summed E-state index contributed by atoms with van der Waals surface area (Å²) >= 11 is 0. The fourth-order valence-electron chi connectivity index (χ4n) is 1.54. The van der Waals surface area contributed by atoms with Crippen LogP contribution in [0.5, 0.6) is 0 Å². The van der Waals surface area contributed by atoms with Crippen molar-refractivity contribution in [3.63, 3.8) is 0 Å². The second kappa shape index (κ2) is 11.4. The van der Waals surface area contributed by atoms with Crippen molar-refractivity contribution in [2.45, 2.75) is 78.4 Å². The molecule has 0 aliphatic rings. The predicted octanol–water partition coefficient (Wildman–Crippen LogP) is 4.18. The van der Waals surface area contributed by atoms with Gasteiger partial charge in [0.25, 0.3) is 0 Å². The summed E-state index contributed by atoms with van der Waals surface area (Å²) in [6.45, 7) is 10.0. The predicted molar refractivity (Wildman–Crippen MR) is 69.9 cm³/mol. The molecule has 0 aliphatic heterocycles. The SMILES string of the molecule is CCCCCCCCOC(C)COC(C)C. The van der Waals surface area contributed by atoms with E-state index in [4.69, 9.17) is 9.47 Å². The first-order valence-electron chi connectivity index (χ1n) is 6.90. The Bertz CT molecular complexity index is 135. The van der Waals surface area contributed by atoms with Crippen LogP contribution in [0, 0.1) is 0 Å². The second-order valence-corrected chi connectivity index (χ2v) is 4.83. The van der Waals surface area contributed by atoms with Crippen molar-refractivity contribution < 1.29 is 9.47 Å². The van der Waals surface area contributed by atoms with E-state index in [2.05, 4.69) is 27.7 Å². The standard InChI is InChI=1S/C14H30O2/c1-5-6-7-8-9-10-11-15-14(4)12-16-13(2)3/h13-14H,5-12H2,1-4H3. The summed E-state index contributed by atoms with van der Waals surface area (Å²) in [5.41, 5.74) is 0. The van der Waals surface area contributed by atoms with Crippen LogP contribution in [0.4, 0.5) is 0 Å². The fourth-order valence-corrected chi connectivity index (χ4v) is 1.54. The number of ether oxygens (including phenoxy) is 2. The average molecular weight is 230 g/mol. The van der Waals surface area contributed by atoms with E-state index < -0.39 is 0 Å². The lowest BCUT2D eigenvalue weighted by molar-refractivity contribution is -0.0273. The maximum Gasteiger partial charge on any atom is 0.0780 e. The molecular formula is C14H30O2. The van der Waals surface area contributed by atoms with Gasteiger partial charge < -0.3 is 9.47 Å². The minimum atomic E-state index is 0.234. The van der Waals surface area contributed by atoms with Gasteiger partial charge in [0.1, 0.15) is 0 Å². The summed E-state index contributed by atoms with van der Waals surface area (Å²) in [5, 5.41) is 0. The van der Waals surface area contributed by atoms with Crippen molar-refractivity contribution in [2.75, 3.05) is 13.2 Å². The van der Waals surface area contributed by atoms with Crippen molar-refractivity contribution in [3.8, 4) is 0 Å². The van der Waals surface area contributed by atoms with E-state index in [0.29, 0.717) is 12.7 Å². The van der Waals surface area contributed by atoms with E-state index in [9.17, 15) is 0 Å². The molecule has 98 valence electrons. The summed E-state index contributed by atoms with van der Waals surface area (Å²) in [4.78, 5) is 0. The lowest BCUT2D eigenvalue weighted by Crippen LogP contribution is -2.19. The van der Waals surface area contributed by atoms with Crippen LogP contribution in [-0.2, 0) is 9.47 Å². The Labute approximate surface area is 102 Å². The quantitative estimate of drug-likeness (QED) is 0.496. The first-order valence-corrected chi connectivity index (χ1v) is 6.90. The summed E-state index contributed by atoms with van der Waals surface area (Å²) in [7, 11) is 0. The highest BCUT2D eigenvalue weighted by atomic mass is 16.5. The van der Waals surface area contributed by atoms with Gasteiger partial charge in [0.05, 0.1) is 18.8 Å². The molecule has 0 aromatic rings. The summed E-state index contributed by atoms with van der Waals surface area (Å²) < 4.78 is 11.2. The van der Waals surface area contributed by atoms with Gasteiger partial charge in [-0.05, 0) is 27.2 Å². The summed E-state index contributed by atoms with van der Waals surface area (Å²) in [6.07, 6.45) is 8.46. The van der Waals surface area contributed by atoms with Gasteiger partial charge >= 0.3 is 0 Å². The van der Waals surface area contributed by atoms with Gasteiger partial charge in [0, 0.05) is 6.61 Å².